The summed E-state index contributed by atoms with van der Waals surface area (Å²) in [6.45, 7) is 2.87. The van der Waals surface area contributed by atoms with E-state index in [4.69, 9.17) is 4.74 Å². The Morgan fingerprint density at radius 3 is 2.80 bits per heavy atom. The van der Waals surface area contributed by atoms with E-state index in [2.05, 4.69) is 25.8 Å². The van der Waals surface area contributed by atoms with Gasteiger partial charge in [-0.3, -0.25) is 4.90 Å². The number of likely N-dealkylation sites (tertiary alicyclic amines) is 1. The number of phenols is 1. The molecule has 7 heteroatoms. The highest BCUT2D eigenvalue weighted by molar-refractivity contribution is 5.63. The third-order valence-corrected chi connectivity index (χ3v) is 11.0. The quantitative estimate of drug-likeness (QED) is 0.616. The topological polar surface area (TPSA) is 82.8 Å². The van der Waals surface area contributed by atoms with Crippen molar-refractivity contribution in [3.05, 3.63) is 41.5 Å². The molecule has 3 saturated carbocycles. The van der Waals surface area contributed by atoms with Crippen molar-refractivity contribution >= 4 is 0 Å². The van der Waals surface area contributed by atoms with Gasteiger partial charge in [0.2, 0.25) is 0 Å². The maximum absolute atomic E-state index is 12.7. The molecule has 0 amide bonds. The second-order valence-electron chi connectivity index (χ2n) is 12.4. The number of nitrogens with zero attached hydrogens (tertiary/aromatic N) is 3. The summed E-state index contributed by atoms with van der Waals surface area (Å²) in [7, 11) is 2.04. The number of piperidine rings is 1. The highest BCUT2D eigenvalue weighted by Gasteiger charge is 2.77. The molecule has 1 aromatic carbocycles. The first-order chi connectivity index (χ1) is 17.0. The first kappa shape index (κ1) is 21.0. The molecule has 1 aromatic heterocycles. The molecule has 35 heavy (non-hydrogen) atoms. The Bertz CT molecular complexity index is 1210. The smallest absolute Gasteiger partial charge is 0.165 e. The number of rotatable bonds is 5. The van der Waals surface area contributed by atoms with E-state index >= 15 is 0 Å². The van der Waals surface area contributed by atoms with Crippen molar-refractivity contribution < 1.29 is 14.9 Å². The lowest BCUT2D eigenvalue weighted by molar-refractivity contribution is -0.236. The molecule has 0 unspecified atom stereocenters. The molecule has 6 atom stereocenters. The number of nitrogens with one attached hydrogen (secondary N) is 1. The normalized spacial score (nSPS) is 40.9. The zero-order valence-corrected chi connectivity index (χ0v) is 20.5. The Kier molecular flexibility index (Phi) is 4.09. The van der Waals surface area contributed by atoms with Gasteiger partial charge in [0.05, 0.1) is 17.6 Å². The van der Waals surface area contributed by atoms with Gasteiger partial charge in [0.1, 0.15) is 11.9 Å². The lowest BCUT2D eigenvalue weighted by atomic mass is 9.40. The van der Waals surface area contributed by atoms with Gasteiger partial charge in [-0.1, -0.05) is 6.07 Å². The SMILES string of the molecule is Cn1ccnc1CN[C@H]1CC[C@]12CC[C@@]1(O)[C@H]3Cc4ccc(O)c5c4[C@@]1(CCN3CC1CC1)[C@H]2O5. The van der Waals surface area contributed by atoms with Crippen LogP contribution in [0.25, 0.3) is 0 Å². The van der Waals surface area contributed by atoms with Crippen LogP contribution in [0.5, 0.6) is 11.5 Å². The van der Waals surface area contributed by atoms with Gasteiger partial charge in [0.25, 0.3) is 0 Å². The molecule has 1 saturated heterocycles. The van der Waals surface area contributed by atoms with E-state index in [1.165, 1.54) is 18.4 Å². The van der Waals surface area contributed by atoms with Gasteiger partial charge in [-0.2, -0.15) is 0 Å². The second kappa shape index (κ2) is 6.81. The molecule has 4 aliphatic carbocycles. The Hall–Kier alpha value is -2.09. The first-order valence-corrected chi connectivity index (χ1v) is 13.6. The second-order valence-corrected chi connectivity index (χ2v) is 12.4. The van der Waals surface area contributed by atoms with Crippen molar-refractivity contribution in [2.24, 2.45) is 18.4 Å². The van der Waals surface area contributed by atoms with Crippen LogP contribution in [0.1, 0.15) is 61.9 Å². The molecule has 8 rings (SSSR count). The zero-order chi connectivity index (χ0) is 23.6. The monoisotopic (exact) mass is 476 g/mol. The molecule has 0 radical (unpaired) electrons. The fourth-order valence-corrected chi connectivity index (χ4v) is 9.00. The van der Waals surface area contributed by atoms with Gasteiger partial charge >= 0.3 is 0 Å². The Balaban J connectivity index is 1.21. The predicted octanol–water partition coefficient (Wildman–Crippen LogP) is 2.63. The summed E-state index contributed by atoms with van der Waals surface area (Å²) in [6.07, 6.45) is 12.2. The van der Waals surface area contributed by atoms with Gasteiger partial charge in [-0.15, -0.1) is 0 Å². The molecule has 7 nitrogen and oxygen atoms in total. The number of hydrogen-bond acceptors (Lipinski definition) is 6. The third kappa shape index (κ3) is 2.50. The molecule has 4 fully saturated rings. The van der Waals surface area contributed by atoms with Crippen LogP contribution in [0, 0.1) is 11.3 Å². The van der Waals surface area contributed by atoms with Gasteiger partial charge in [0.15, 0.2) is 11.5 Å². The van der Waals surface area contributed by atoms with Crippen LogP contribution in [-0.2, 0) is 25.4 Å². The van der Waals surface area contributed by atoms with Crippen LogP contribution < -0.4 is 10.1 Å². The highest BCUT2D eigenvalue weighted by atomic mass is 16.5. The summed E-state index contributed by atoms with van der Waals surface area (Å²) in [5.74, 6) is 2.75. The molecular formula is C28H36N4O3. The van der Waals surface area contributed by atoms with Crippen LogP contribution in [0.3, 0.4) is 0 Å². The van der Waals surface area contributed by atoms with Gasteiger partial charge < -0.3 is 24.8 Å². The van der Waals surface area contributed by atoms with E-state index < -0.39 is 11.0 Å². The maximum atomic E-state index is 12.7. The third-order valence-electron chi connectivity index (χ3n) is 11.0. The highest BCUT2D eigenvalue weighted by Crippen LogP contribution is 2.71. The number of hydrogen-bond donors (Lipinski definition) is 3. The van der Waals surface area contributed by atoms with Crippen LogP contribution in [0.4, 0.5) is 0 Å². The molecule has 3 N–H and O–H groups in total. The zero-order valence-electron chi connectivity index (χ0n) is 20.5. The fourth-order valence-electron chi connectivity index (χ4n) is 9.00. The van der Waals surface area contributed by atoms with Crippen LogP contribution in [0.15, 0.2) is 24.5 Å². The van der Waals surface area contributed by atoms with Crippen LogP contribution >= 0.6 is 0 Å². The van der Waals surface area contributed by atoms with Gasteiger partial charge in [-0.05, 0) is 75.5 Å². The van der Waals surface area contributed by atoms with E-state index in [9.17, 15) is 10.2 Å². The minimum absolute atomic E-state index is 0.0271. The fraction of sp³-hybridized carbons (Fsp3) is 0.679. The molecule has 2 bridgehead atoms. The summed E-state index contributed by atoms with van der Waals surface area (Å²) >= 11 is 0. The van der Waals surface area contributed by atoms with Crippen molar-refractivity contribution in [2.45, 2.75) is 87.1 Å². The number of aromatic nitrogens is 2. The van der Waals surface area contributed by atoms with Crippen molar-refractivity contribution in [1.29, 1.82) is 0 Å². The molecule has 2 aliphatic heterocycles. The standard InChI is InChI=1S/C28H36N4O3/c1-31-13-11-29-22(31)15-30-20-6-7-26(20)8-9-28(34)21-14-18-4-5-19(33)24-23(18)27(28,25(26)35-24)10-12-32(21)16-17-2-3-17/h4-5,11,13,17,20-21,25,30,33-34H,2-3,6-10,12,14-16H2,1H3/t20-,21+,25-,26-,27-,28+/m0/s1. The molecule has 2 spiro atoms. The molecular weight excluding hydrogens is 440 g/mol. The Morgan fingerprint density at radius 1 is 1.17 bits per heavy atom. The number of phenolic OH excluding ortho intramolecular Hbond substituents is 1. The number of aliphatic hydroxyl groups is 1. The van der Waals surface area contributed by atoms with Crippen molar-refractivity contribution in [1.82, 2.24) is 19.8 Å². The number of aryl methyl sites for hydroxylation is 1. The molecule has 3 heterocycles. The predicted molar refractivity (Wildman–Crippen MR) is 130 cm³/mol. The minimum atomic E-state index is -0.804. The summed E-state index contributed by atoms with van der Waals surface area (Å²) in [4.78, 5) is 7.12. The van der Waals surface area contributed by atoms with Crippen LogP contribution in [0.2, 0.25) is 0 Å². The summed E-state index contributed by atoms with van der Waals surface area (Å²) in [5, 5.41) is 27.5. The largest absolute Gasteiger partial charge is 0.504 e. The van der Waals surface area contributed by atoms with E-state index in [1.54, 1.807) is 0 Å². The number of ether oxygens (including phenoxy) is 1. The number of imidazole rings is 1. The van der Waals surface area contributed by atoms with Gasteiger partial charge in [-0.25, -0.2) is 4.98 Å². The summed E-state index contributed by atoms with van der Waals surface area (Å²) in [5.41, 5.74) is 1.16. The van der Waals surface area contributed by atoms with Crippen molar-refractivity contribution in [2.75, 3.05) is 13.1 Å². The minimum Gasteiger partial charge on any atom is -0.504 e. The van der Waals surface area contributed by atoms with Gasteiger partial charge in [0, 0.05) is 49.0 Å². The average Bonchev–Trinajstić information content (AvgIpc) is 3.44. The van der Waals surface area contributed by atoms with E-state index in [0.717, 1.165) is 75.5 Å². The molecule has 6 aliphatic rings. The Labute approximate surface area is 206 Å². The molecule has 2 aromatic rings. The lowest BCUT2D eigenvalue weighted by Crippen LogP contribution is -2.80. The van der Waals surface area contributed by atoms with E-state index in [-0.39, 0.29) is 23.3 Å². The maximum Gasteiger partial charge on any atom is 0.165 e. The van der Waals surface area contributed by atoms with E-state index in [0.29, 0.717) is 11.8 Å². The average molecular weight is 477 g/mol. The van der Waals surface area contributed by atoms with Crippen molar-refractivity contribution in [3.63, 3.8) is 0 Å². The summed E-state index contributed by atoms with van der Waals surface area (Å²) < 4.78 is 8.94. The van der Waals surface area contributed by atoms with Crippen molar-refractivity contribution in [3.8, 4) is 11.5 Å². The number of benzene rings is 1. The lowest BCUT2D eigenvalue weighted by Gasteiger charge is -2.69. The van der Waals surface area contributed by atoms with Crippen LogP contribution in [-0.4, -0.2) is 61.5 Å². The molecule has 186 valence electrons. The first-order valence-electron chi connectivity index (χ1n) is 13.6. The summed E-state index contributed by atoms with van der Waals surface area (Å²) in [6, 6.07) is 4.39. The Morgan fingerprint density at radius 2 is 2.06 bits per heavy atom. The van der Waals surface area contributed by atoms with E-state index in [1.807, 2.05) is 25.5 Å². The number of fused-ring (bicyclic) bond motifs is 1. The number of aromatic hydroxyl groups is 1.